The van der Waals surface area contributed by atoms with Gasteiger partial charge in [-0.25, -0.2) is 0 Å². The van der Waals surface area contributed by atoms with E-state index >= 15 is 0 Å². The first-order valence-electron chi connectivity index (χ1n) is 10.3. The first-order chi connectivity index (χ1) is 13.1. The molecular weight excluding hydrogens is 340 g/mol. The van der Waals surface area contributed by atoms with E-state index in [1.807, 2.05) is 12.1 Å². The number of piperidine rings is 2. The van der Waals surface area contributed by atoms with E-state index in [-0.39, 0.29) is 17.7 Å². The molecule has 0 bridgehead atoms. The van der Waals surface area contributed by atoms with Crippen molar-refractivity contribution in [3.8, 4) is 0 Å². The molecule has 1 aromatic carbocycles. The number of anilines is 1. The quantitative estimate of drug-likeness (QED) is 0.832. The molecule has 3 aliphatic rings. The minimum Gasteiger partial charge on any atom is -0.372 e. The number of Topliss-reactive ketones (excluding diaryl/α,β-unsaturated/α-hetero) is 1. The second kappa shape index (κ2) is 7.83. The van der Waals surface area contributed by atoms with Crippen LogP contribution in [0.25, 0.3) is 0 Å². The van der Waals surface area contributed by atoms with Gasteiger partial charge < -0.3 is 4.90 Å². The topological polar surface area (TPSA) is 66.5 Å². The minimum atomic E-state index is -0.212. The molecule has 0 aromatic heterocycles. The summed E-state index contributed by atoms with van der Waals surface area (Å²) in [7, 11) is 0. The molecule has 1 atom stereocenters. The molecule has 1 saturated carbocycles. The summed E-state index contributed by atoms with van der Waals surface area (Å²) < 4.78 is 0. The number of carbonyl (C=O) groups is 3. The molecule has 27 heavy (non-hydrogen) atoms. The summed E-state index contributed by atoms with van der Waals surface area (Å²) in [5, 5.41) is 2.44. The average molecular weight is 368 g/mol. The zero-order chi connectivity index (χ0) is 18.8. The van der Waals surface area contributed by atoms with Crippen LogP contribution >= 0.6 is 0 Å². The molecule has 2 aliphatic heterocycles. The molecule has 0 radical (unpaired) electrons. The van der Waals surface area contributed by atoms with E-state index < -0.39 is 0 Å². The molecule has 144 valence electrons. The minimum absolute atomic E-state index is 0.168. The maximum absolute atomic E-state index is 12.0. The van der Waals surface area contributed by atoms with E-state index in [4.69, 9.17) is 0 Å². The van der Waals surface area contributed by atoms with E-state index in [1.165, 1.54) is 18.5 Å². The van der Waals surface area contributed by atoms with Crippen LogP contribution in [-0.4, -0.2) is 30.7 Å². The van der Waals surface area contributed by atoms with Crippen molar-refractivity contribution in [3.63, 3.8) is 0 Å². The number of nitrogens with zero attached hydrogens (tertiary/aromatic N) is 1. The van der Waals surface area contributed by atoms with Crippen molar-refractivity contribution in [1.29, 1.82) is 0 Å². The smallest absolute Gasteiger partial charge is 0.234 e. The van der Waals surface area contributed by atoms with Crippen molar-refractivity contribution in [1.82, 2.24) is 5.32 Å². The molecule has 3 fully saturated rings. The summed E-state index contributed by atoms with van der Waals surface area (Å²) in [4.78, 5) is 37.2. The number of rotatable bonds is 3. The van der Waals surface area contributed by atoms with Crippen molar-refractivity contribution in [2.24, 2.45) is 11.8 Å². The van der Waals surface area contributed by atoms with Crippen LogP contribution in [0.2, 0.25) is 0 Å². The van der Waals surface area contributed by atoms with Crippen molar-refractivity contribution < 1.29 is 14.4 Å². The monoisotopic (exact) mass is 368 g/mol. The van der Waals surface area contributed by atoms with Gasteiger partial charge in [-0.1, -0.05) is 12.1 Å². The van der Waals surface area contributed by atoms with Crippen LogP contribution in [0.3, 0.4) is 0 Å². The third-order valence-corrected chi connectivity index (χ3v) is 6.69. The molecule has 5 heteroatoms. The van der Waals surface area contributed by atoms with Gasteiger partial charge >= 0.3 is 0 Å². The number of hydrogen-bond acceptors (Lipinski definition) is 4. The lowest BCUT2D eigenvalue weighted by molar-refractivity contribution is -0.134. The molecule has 0 spiro atoms. The highest BCUT2D eigenvalue weighted by molar-refractivity contribution is 6.00. The van der Waals surface area contributed by atoms with Gasteiger partial charge in [-0.2, -0.15) is 0 Å². The van der Waals surface area contributed by atoms with Crippen LogP contribution < -0.4 is 10.2 Å². The first kappa shape index (κ1) is 18.2. The third-order valence-electron chi connectivity index (χ3n) is 6.69. The molecule has 2 amide bonds. The van der Waals surface area contributed by atoms with Gasteiger partial charge in [0.2, 0.25) is 11.8 Å². The van der Waals surface area contributed by atoms with Gasteiger partial charge in [0.15, 0.2) is 0 Å². The van der Waals surface area contributed by atoms with Crippen LogP contribution in [0.4, 0.5) is 5.69 Å². The Morgan fingerprint density at radius 3 is 2.04 bits per heavy atom. The second-order valence-electron chi connectivity index (χ2n) is 8.30. The average Bonchev–Trinajstić information content (AvgIpc) is 2.69. The Bertz CT molecular complexity index is 710. The van der Waals surface area contributed by atoms with Crippen LogP contribution in [0.1, 0.15) is 62.8 Å². The number of benzene rings is 1. The van der Waals surface area contributed by atoms with Gasteiger partial charge in [0, 0.05) is 38.0 Å². The Hall–Kier alpha value is -2.17. The lowest BCUT2D eigenvalue weighted by atomic mass is 9.75. The molecule has 1 aromatic rings. The standard InChI is InChI=1S/C22H28N2O3/c25-19-7-3-15(4-8-19)16-11-13-24(14-12-16)18-5-1-17(2-6-18)20-9-10-21(26)23-22(20)27/h1-2,5-6,15-16,20H,3-4,7-14H2,(H,23,26,27). The maximum atomic E-state index is 12.0. The van der Waals surface area contributed by atoms with Gasteiger partial charge in [-0.15, -0.1) is 0 Å². The van der Waals surface area contributed by atoms with Crippen LogP contribution in [0.15, 0.2) is 24.3 Å². The van der Waals surface area contributed by atoms with E-state index in [1.54, 1.807) is 0 Å². The van der Waals surface area contributed by atoms with Crippen molar-refractivity contribution in [2.45, 2.75) is 57.3 Å². The molecular formula is C22H28N2O3. The maximum Gasteiger partial charge on any atom is 0.234 e. The third kappa shape index (κ3) is 4.07. The highest BCUT2D eigenvalue weighted by Crippen LogP contribution is 2.36. The van der Waals surface area contributed by atoms with Crippen LogP contribution in [0, 0.1) is 11.8 Å². The normalized spacial score (nSPS) is 25.6. The fourth-order valence-electron chi connectivity index (χ4n) is 4.99. The summed E-state index contributed by atoms with van der Waals surface area (Å²) in [5.74, 6) is 1.39. The van der Waals surface area contributed by atoms with Crippen molar-refractivity contribution >= 4 is 23.3 Å². The first-order valence-corrected chi connectivity index (χ1v) is 10.3. The Labute approximate surface area is 160 Å². The summed E-state index contributed by atoms with van der Waals surface area (Å²) in [5.41, 5.74) is 2.20. The van der Waals surface area contributed by atoms with Crippen molar-refractivity contribution in [3.05, 3.63) is 29.8 Å². The number of imide groups is 1. The van der Waals surface area contributed by atoms with E-state index in [2.05, 4.69) is 22.3 Å². The SMILES string of the molecule is O=C1CCC(C2CCN(c3ccc(C4CCC(=O)NC4=O)cc3)CC2)CC1. The summed E-state index contributed by atoms with van der Waals surface area (Å²) in [6, 6.07) is 8.29. The number of amides is 2. The van der Waals surface area contributed by atoms with Crippen LogP contribution in [-0.2, 0) is 14.4 Å². The predicted molar refractivity (Wildman–Crippen MR) is 103 cm³/mol. The number of carbonyl (C=O) groups excluding carboxylic acids is 3. The molecule has 2 saturated heterocycles. The summed E-state index contributed by atoms with van der Waals surface area (Å²) in [6.45, 7) is 2.12. The van der Waals surface area contributed by atoms with E-state index in [9.17, 15) is 14.4 Å². The molecule has 1 unspecified atom stereocenters. The van der Waals surface area contributed by atoms with E-state index in [0.717, 1.165) is 56.2 Å². The summed E-state index contributed by atoms with van der Waals surface area (Å²) >= 11 is 0. The highest BCUT2D eigenvalue weighted by Gasteiger charge is 2.30. The summed E-state index contributed by atoms with van der Waals surface area (Å²) in [6.07, 6.45) is 7.16. The fraction of sp³-hybridized carbons (Fsp3) is 0.591. The highest BCUT2D eigenvalue weighted by atomic mass is 16.2. The molecule has 2 heterocycles. The largest absolute Gasteiger partial charge is 0.372 e. The van der Waals surface area contributed by atoms with Gasteiger partial charge in [0.05, 0.1) is 5.92 Å². The molecule has 5 nitrogen and oxygen atoms in total. The molecule has 1 N–H and O–H groups in total. The number of hydrogen-bond donors (Lipinski definition) is 1. The zero-order valence-electron chi connectivity index (χ0n) is 15.8. The Morgan fingerprint density at radius 2 is 1.41 bits per heavy atom. The lowest BCUT2D eigenvalue weighted by Gasteiger charge is -2.38. The second-order valence-corrected chi connectivity index (χ2v) is 8.30. The predicted octanol–water partition coefficient (Wildman–Crippen LogP) is 3.18. The molecule has 1 aliphatic carbocycles. The van der Waals surface area contributed by atoms with Gasteiger partial charge in [-0.3, -0.25) is 19.7 Å². The van der Waals surface area contributed by atoms with Crippen LogP contribution in [0.5, 0.6) is 0 Å². The van der Waals surface area contributed by atoms with Gasteiger partial charge in [0.25, 0.3) is 0 Å². The Kier molecular flexibility index (Phi) is 5.28. The Balaban J connectivity index is 1.33. The number of nitrogens with one attached hydrogen (secondary N) is 1. The van der Waals surface area contributed by atoms with Gasteiger partial charge in [-0.05, 0) is 61.6 Å². The molecule has 4 rings (SSSR count). The Morgan fingerprint density at radius 1 is 0.778 bits per heavy atom. The lowest BCUT2D eigenvalue weighted by Crippen LogP contribution is -2.39. The van der Waals surface area contributed by atoms with Gasteiger partial charge in [0.1, 0.15) is 5.78 Å². The van der Waals surface area contributed by atoms with E-state index in [0.29, 0.717) is 18.6 Å². The van der Waals surface area contributed by atoms with Crippen molar-refractivity contribution in [2.75, 3.05) is 18.0 Å². The zero-order valence-corrected chi connectivity index (χ0v) is 15.8. The fourth-order valence-corrected chi connectivity index (χ4v) is 4.99. The number of ketones is 1.